The quantitative estimate of drug-likeness (QED) is 0.426. The number of thioether (sulfide) groups is 1. The van der Waals surface area contributed by atoms with E-state index in [-0.39, 0.29) is 0 Å². The van der Waals surface area contributed by atoms with Gasteiger partial charge in [-0.25, -0.2) is 0 Å². The summed E-state index contributed by atoms with van der Waals surface area (Å²) in [6.07, 6.45) is 14.1. The van der Waals surface area contributed by atoms with E-state index in [1.807, 2.05) is 0 Å². The summed E-state index contributed by atoms with van der Waals surface area (Å²) in [7, 11) is 0. The van der Waals surface area contributed by atoms with Gasteiger partial charge in [-0.2, -0.15) is 0 Å². The van der Waals surface area contributed by atoms with Crippen LogP contribution in [0.25, 0.3) is 0 Å². The fourth-order valence-corrected chi connectivity index (χ4v) is 4.31. The van der Waals surface area contributed by atoms with Crippen molar-refractivity contribution in [1.29, 1.82) is 0 Å². The van der Waals surface area contributed by atoms with Crippen molar-refractivity contribution in [3.63, 3.8) is 0 Å². The Morgan fingerprint density at radius 1 is 1.00 bits per heavy atom. The molecular weight excluding hydrogens is 236 g/mol. The highest BCUT2D eigenvalue weighted by Gasteiger charge is 2.19. The van der Waals surface area contributed by atoms with Crippen LogP contribution in [0, 0.1) is 5.92 Å². The van der Waals surface area contributed by atoms with Gasteiger partial charge in [-0.1, -0.05) is 57.9 Å². The van der Waals surface area contributed by atoms with E-state index in [1.54, 1.807) is 10.5 Å². The molecule has 1 heteroatoms. The predicted molar refractivity (Wildman–Crippen MR) is 86.2 cm³/mol. The van der Waals surface area contributed by atoms with Gasteiger partial charge >= 0.3 is 0 Å². The van der Waals surface area contributed by atoms with Crippen molar-refractivity contribution in [2.24, 2.45) is 5.92 Å². The molecule has 0 N–H and O–H groups in total. The summed E-state index contributed by atoms with van der Waals surface area (Å²) in [4.78, 5) is 1.78. The molecule has 0 saturated heterocycles. The zero-order valence-electron chi connectivity index (χ0n) is 12.8. The van der Waals surface area contributed by atoms with Gasteiger partial charge in [0.1, 0.15) is 0 Å². The number of allylic oxidation sites excluding steroid dienone is 2. The van der Waals surface area contributed by atoms with Crippen molar-refractivity contribution in [1.82, 2.24) is 0 Å². The van der Waals surface area contributed by atoms with Gasteiger partial charge in [-0.05, 0) is 49.2 Å². The smallest absolute Gasteiger partial charge is 0.00201 e. The van der Waals surface area contributed by atoms with Crippen molar-refractivity contribution in [3.8, 4) is 0 Å². The minimum absolute atomic E-state index is 0.891. The lowest BCUT2D eigenvalue weighted by Gasteiger charge is -2.25. The first-order chi connectivity index (χ1) is 8.79. The lowest BCUT2D eigenvalue weighted by atomic mass is 9.92. The van der Waals surface area contributed by atoms with Crippen molar-refractivity contribution in [2.75, 3.05) is 5.75 Å². The molecule has 1 rings (SSSR count). The Hall–Kier alpha value is 0.0900. The zero-order valence-corrected chi connectivity index (χ0v) is 13.6. The van der Waals surface area contributed by atoms with Gasteiger partial charge in [-0.3, -0.25) is 0 Å². The third-order valence-electron chi connectivity index (χ3n) is 4.04. The monoisotopic (exact) mass is 268 g/mol. The summed E-state index contributed by atoms with van der Waals surface area (Å²) in [5.41, 5.74) is 1.71. The molecule has 1 heterocycles. The average Bonchev–Trinajstić information content (AvgIpc) is 2.38. The average molecular weight is 269 g/mol. The summed E-state index contributed by atoms with van der Waals surface area (Å²) in [6, 6.07) is 0. The molecule has 1 atom stereocenters. The molecule has 0 amide bonds. The third-order valence-corrected chi connectivity index (χ3v) is 5.52. The number of hydrogen-bond donors (Lipinski definition) is 0. The van der Waals surface area contributed by atoms with Crippen LogP contribution in [-0.2, 0) is 0 Å². The molecule has 18 heavy (non-hydrogen) atoms. The molecule has 106 valence electrons. The molecule has 1 aliphatic heterocycles. The highest BCUT2D eigenvalue weighted by Crippen LogP contribution is 2.39. The summed E-state index contributed by atoms with van der Waals surface area (Å²) < 4.78 is 0. The van der Waals surface area contributed by atoms with Gasteiger partial charge < -0.3 is 0 Å². The molecule has 1 unspecified atom stereocenters. The van der Waals surface area contributed by atoms with E-state index in [4.69, 9.17) is 0 Å². The standard InChI is InChI=1S/C17H32S/c1-4-6-7-8-9-13-16(11-5-2)17-15(3)12-10-14-18-17/h16H,4-14H2,1-3H3. The third kappa shape index (κ3) is 5.82. The molecule has 0 aromatic heterocycles. The van der Waals surface area contributed by atoms with Gasteiger partial charge in [0.2, 0.25) is 0 Å². The highest BCUT2D eigenvalue weighted by molar-refractivity contribution is 8.03. The maximum Gasteiger partial charge on any atom is -0.00201 e. The minimum Gasteiger partial charge on any atom is -0.130 e. The summed E-state index contributed by atoms with van der Waals surface area (Å²) in [6.45, 7) is 7.02. The molecular formula is C17H32S. The summed E-state index contributed by atoms with van der Waals surface area (Å²) in [5, 5.41) is 0. The Morgan fingerprint density at radius 2 is 1.78 bits per heavy atom. The Balaban J connectivity index is 2.38. The SMILES string of the molecule is CCCCCCCC(CCC)C1=C(C)CCCS1. The molecule has 0 spiro atoms. The normalized spacial score (nSPS) is 18.2. The van der Waals surface area contributed by atoms with Crippen LogP contribution in [0.1, 0.15) is 85.0 Å². The molecule has 0 saturated carbocycles. The van der Waals surface area contributed by atoms with E-state index in [0.717, 1.165) is 5.92 Å². The van der Waals surface area contributed by atoms with Crippen molar-refractivity contribution >= 4 is 11.8 Å². The predicted octanol–water partition coefficient (Wildman–Crippen LogP) is 6.56. The van der Waals surface area contributed by atoms with Crippen LogP contribution >= 0.6 is 11.8 Å². The second-order valence-corrected chi connectivity index (χ2v) is 6.92. The van der Waals surface area contributed by atoms with Gasteiger partial charge in [0, 0.05) is 0 Å². The first-order valence-corrected chi connectivity index (χ1v) is 9.10. The van der Waals surface area contributed by atoms with Crippen LogP contribution in [0.4, 0.5) is 0 Å². The van der Waals surface area contributed by atoms with E-state index in [2.05, 4.69) is 32.5 Å². The summed E-state index contributed by atoms with van der Waals surface area (Å²) >= 11 is 2.17. The first kappa shape index (κ1) is 16.1. The van der Waals surface area contributed by atoms with Crippen LogP contribution in [-0.4, -0.2) is 5.75 Å². The lowest BCUT2D eigenvalue weighted by molar-refractivity contribution is 0.482. The summed E-state index contributed by atoms with van der Waals surface area (Å²) in [5.74, 6) is 2.25. The molecule has 0 fully saturated rings. The van der Waals surface area contributed by atoms with Crippen molar-refractivity contribution in [2.45, 2.75) is 85.0 Å². The second-order valence-electron chi connectivity index (χ2n) is 5.79. The maximum atomic E-state index is 2.38. The maximum absolute atomic E-state index is 2.38. The zero-order chi connectivity index (χ0) is 13.2. The second kappa shape index (κ2) is 9.95. The number of rotatable bonds is 9. The fraction of sp³-hybridized carbons (Fsp3) is 0.882. The molecule has 1 aliphatic rings. The Kier molecular flexibility index (Phi) is 8.92. The molecule has 0 radical (unpaired) electrons. The number of hydrogen-bond acceptors (Lipinski definition) is 1. The van der Waals surface area contributed by atoms with Gasteiger partial charge in [0.05, 0.1) is 0 Å². The molecule has 0 nitrogen and oxygen atoms in total. The lowest BCUT2D eigenvalue weighted by Crippen LogP contribution is -2.08. The van der Waals surface area contributed by atoms with E-state index in [0.29, 0.717) is 0 Å². The van der Waals surface area contributed by atoms with Crippen LogP contribution in [0.15, 0.2) is 10.5 Å². The van der Waals surface area contributed by atoms with Crippen LogP contribution in [0.2, 0.25) is 0 Å². The largest absolute Gasteiger partial charge is 0.130 e. The van der Waals surface area contributed by atoms with Crippen LogP contribution in [0.3, 0.4) is 0 Å². The molecule has 0 bridgehead atoms. The van der Waals surface area contributed by atoms with E-state index in [9.17, 15) is 0 Å². The highest BCUT2D eigenvalue weighted by atomic mass is 32.2. The van der Waals surface area contributed by atoms with E-state index in [1.165, 1.54) is 70.0 Å². The van der Waals surface area contributed by atoms with E-state index < -0.39 is 0 Å². The fourth-order valence-electron chi connectivity index (χ4n) is 2.98. The van der Waals surface area contributed by atoms with Crippen molar-refractivity contribution in [3.05, 3.63) is 10.5 Å². The Bertz CT molecular complexity index is 242. The van der Waals surface area contributed by atoms with Crippen LogP contribution < -0.4 is 0 Å². The van der Waals surface area contributed by atoms with E-state index >= 15 is 0 Å². The molecule has 0 aliphatic carbocycles. The minimum atomic E-state index is 0.891. The molecule has 0 aromatic carbocycles. The molecule has 0 aromatic rings. The Morgan fingerprint density at radius 3 is 2.44 bits per heavy atom. The first-order valence-electron chi connectivity index (χ1n) is 8.12. The topological polar surface area (TPSA) is 0 Å². The van der Waals surface area contributed by atoms with Gasteiger partial charge in [0.15, 0.2) is 0 Å². The number of unbranched alkanes of at least 4 members (excludes halogenated alkanes) is 4. The van der Waals surface area contributed by atoms with Gasteiger partial charge in [-0.15, -0.1) is 11.8 Å². The van der Waals surface area contributed by atoms with Crippen LogP contribution in [0.5, 0.6) is 0 Å². The van der Waals surface area contributed by atoms with Gasteiger partial charge in [0.25, 0.3) is 0 Å². The Labute approximate surface area is 119 Å². The van der Waals surface area contributed by atoms with Crippen molar-refractivity contribution < 1.29 is 0 Å².